The van der Waals surface area contributed by atoms with Crippen LogP contribution in [-0.2, 0) is 6.42 Å². The Hall–Kier alpha value is -3.55. The molecule has 0 spiro atoms. The number of hydrogen-bond acceptors (Lipinski definition) is 6. The van der Waals surface area contributed by atoms with E-state index < -0.39 is 5.91 Å². The van der Waals surface area contributed by atoms with Gasteiger partial charge in [-0.15, -0.1) is 10.2 Å². The van der Waals surface area contributed by atoms with Crippen LogP contribution < -0.4 is 15.8 Å². The molecule has 1 aliphatic heterocycles. The number of benzene rings is 1. The second kappa shape index (κ2) is 8.86. The van der Waals surface area contributed by atoms with Gasteiger partial charge >= 0.3 is 0 Å². The first-order chi connectivity index (χ1) is 14.6. The number of H-pyrrole nitrogens is 1. The fraction of sp³-hybridized carbons (Fsp3) is 0.318. The summed E-state index contributed by atoms with van der Waals surface area (Å²) in [6.07, 6.45) is 3.31. The highest BCUT2D eigenvalue weighted by Gasteiger charge is 2.21. The van der Waals surface area contributed by atoms with Gasteiger partial charge in [0.15, 0.2) is 11.5 Å². The summed E-state index contributed by atoms with van der Waals surface area (Å²) in [5.74, 6) is 1.07. The van der Waals surface area contributed by atoms with Crippen LogP contribution in [0.15, 0.2) is 53.3 Å². The van der Waals surface area contributed by atoms with E-state index in [1.807, 2.05) is 12.1 Å². The van der Waals surface area contributed by atoms with Crippen molar-refractivity contribution >= 4 is 17.7 Å². The van der Waals surface area contributed by atoms with Gasteiger partial charge in [0, 0.05) is 24.8 Å². The Morgan fingerprint density at radius 2 is 1.90 bits per heavy atom. The second-order valence-electron chi connectivity index (χ2n) is 7.59. The van der Waals surface area contributed by atoms with Crippen molar-refractivity contribution in [3.8, 4) is 0 Å². The topological polar surface area (TPSA) is 104 Å². The molecule has 8 nitrogen and oxygen atoms in total. The Labute approximate surface area is 174 Å². The average molecular weight is 404 g/mol. The Bertz CT molecular complexity index is 1060. The van der Waals surface area contributed by atoms with Gasteiger partial charge in [-0.3, -0.25) is 19.9 Å². The van der Waals surface area contributed by atoms with Crippen LogP contribution in [0.3, 0.4) is 0 Å². The SMILES string of the molecule is Cc1cc(=O)[nH]c(NC(=O)c2ccc(N3CCC(Cc4ccccc4)CC3)nn2)n1. The quantitative estimate of drug-likeness (QED) is 0.677. The second-order valence-corrected chi connectivity index (χ2v) is 7.59. The van der Waals surface area contributed by atoms with Gasteiger partial charge in [0.2, 0.25) is 5.95 Å². The first-order valence-corrected chi connectivity index (χ1v) is 10.1. The molecule has 0 unspecified atom stereocenters. The fourth-order valence-corrected chi connectivity index (χ4v) is 3.74. The zero-order valence-electron chi connectivity index (χ0n) is 16.8. The van der Waals surface area contributed by atoms with Crippen molar-refractivity contribution in [1.29, 1.82) is 0 Å². The normalized spacial score (nSPS) is 14.5. The minimum atomic E-state index is -0.468. The number of nitrogens with one attached hydrogen (secondary N) is 2. The van der Waals surface area contributed by atoms with E-state index in [1.54, 1.807) is 13.0 Å². The molecule has 0 saturated carbocycles. The molecule has 3 aromatic rings. The van der Waals surface area contributed by atoms with Crippen molar-refractivity contribution < 1.29 is 4.79 Å². The standard InChI is InChI=1S/C22H24N6O2/c1-15-13-20(29)24-22(23-15)25-21(30)18-7-8-19(27-26-18)28-11-9-17(10-12-28)14-16-5-3-2-4-6-16/h2-8,13,17H,9-12,14H2,1H3,(H2,23,24,25,29,30). The summed E-state index contributed by atoms with van der Waals surface area (Å²) in [4.78, 5) is 32.6. The third kappa shape index (κ3) is 4.89. The van der Waals surface area contributed by atoms with Crippen molar-refractivity contribution in [2.45, 2.75) is 26.2 Å². The third-order valence-corrected chi connectivity index (χ3v) is 5.29. The van der Waals surface area contributed by atoms with E-state index in [0.717, 1.165) is 38.2 Å². The summed E-state index contributed by atoms with van der Waals surface area (Å²) in [6.45, 7) is 3.53. The monoisotopic (exact) mass is 404 g/mol. The zero-order chi connectivity index (χ0) is 20.9. The summed E-state index contributed by atoms with van der Waals surface area (Å²) >= 11 is 0. The minimum absolute atomic E-state index is 0.0939. The first kappa shape index (κ1) is 19.8. The number of aromatic nitrogens is 4. The van der Waals surface area contributed by atoms with Crippen LogP contribution in [0, 0.1) is 12.8 Å². The molecule has 2 aromatic heterocycles. The molecule has 1 aliphatic rings. The molecule has 3 heterocycles. The average Bonchev–Trinajstić information content (AvgIpc) is 2.74. The summed E-state index contributed by atoms with van der Waals surface area (Å²) in [7, 11) is 0. The number of carbonyl (C=O) groups is 1. The van der Waals surface area contributed by atoms with E-state index >= 15 is 0 Å². The van der Waals surface area contributed by atoms with Crippen LogP contribution in [0.2, 0.25) is 0 Å². The van der Waals surface area contributed by atoms with Gasteiger partial charge in [-0.25, -0.2) is 4.98 Å². The Morgan fingerprint density at radius 3 is 2.57 bits per heavy atom. The maximum Gasteiger partial charge on any atom is 0.278 e. The summed E-state index contributed by atoms with van der Waals surface area (Å²) in [5, 5.41) is 10.8. The molecule has 2 N–H and O–H groups in total. The molecule has 154 valence electrons. The highest BCUT2D eigenvalue weighted by atomic mass is 16.2. The predicted octanol–water partition coefficient (Wildman–Crippen LogP) is 2.58. The van der Waals surface area contributed by atoms with E-state index in [-0.39, 0.29) is 17.2 Å². The van der Waals surface area contributed by atoms with Gasteiger partial charge in [0.1, 0.15) is 0 Å². The van der Waals surface area contributed by atoms with Gasteiger partial charge in [-0.05, 0) is 49.8 Å². The number of carbonyl (C=O) groups excluding carboxylic acids is 1. The lowest BCUT2D eigenvalue weighted by molar-refractivity contribution is 0.102. The van der Waals surface area contributed by atoms with Crippen LogP contribution in [0.4, 0.5) is 11.8 Å². The Balaban J connectivity index is 1.33. The van der Waals surface area contributed by atoms with E-state index in [2.05, 4.69) is 54.6 Å². The molecule has 0 atom stereocenters. The van der Waals surface area contributed by atoms with E-state index in [4.69, 9.17) is 0 Å². The van der Waals surface area contributed by atoms with Crippen molar-refractivity contribution in [1.82, 2.24) is 20.2 Å². The number of aryl methyl sites for hydroxylation is 1. The van der Waals surface area contributed by atoms with E-state index in [1.165, 1.54) is 11.6 Å². The van der Waals surface area contributed by atoms with Crippen molar-refractivity contribution in [2.24, 2.45) is 5.92 Å². The maximum atomic E-state index is 12.4. The molecular weight excluding hydrogens is 380 g/mol. The Morgan fingerprint density at radius 1 is 1.13 bits per heavy atom. The number of hydrogen-bond donors (Lipinski definition) is 2. The van der Waals surface area contributed by atoms with Crippen molar-refractivity contribution in [3.05, 3.63) is 75.8 Å². The zero-order valence-corrected chi connectivity index (χ0v) is 16.8. The molecule has 8 heteroatoms. The lowest BCUT2D eigenvalue weighted by atomic mass is 9.90. The number of nitrogens with zero attached hydrogens (tertiary/aromatic N) is 4. The largest absolute Gasteiger partial charge is 0.355 e. The number of amides is 1. The van der Waals surface area contributed by atoms with Crippen molar-refractivity contribution in [3.63, 3.8) is 0 Å². The van der Waals surface area contributed by atoms with Gasteiger partial charge in [-0.1, -0.05) is 30.3 Å². The predicted molar refractivity (Wildman–Crippen MR) is 115 cm³/mol. The molecule has 1 amide bonds. The summed E-state index contributed by atoms with van der Waals surface area (Å²) < 4.78 is 0. The lowest BCUT2D eigenvalue weighted by Gasteiger charge is -2.32. The van der Waals surface area contributed by atoms with E-state index in [9.17, 15) is 9.59 Å². The third-order valence-electron chi connectivity index (χ3n) is 5.29. The molecule has 30 heavy (non-hydrogen) atoms. The van der Waals surface area contributed by atoms with Crippen LogP contribution in [-0.4, -0.2) is 39.2 Å². The van der Waals surface area contributed by atoms with Gasteiger partial charge < -0.3 is 4.90 Å². The molecule has 1 aromatic carbocycles. The molecule has 4 rings (SSSR count). The van der Waals surface area contributed by atoms with Crippen LogP contribution in [0.1, 0.15) is 34.6 Å². The highest BCUT2D eigenvalue weighted by molar-refractivity contribution is 6.01. The minimum Gasteiger partial charge on any atom is -0.355 e. The maximum absolute atomic E-state index is 12.4. The number of anilines is 2. The van der Waals surface area contributed by atoms with Crippen LogP contribution in [0.5, 0.6) is 0 Å². The lowest BCUT2D eigenvalue weighted by Crippen LogP contribution is -2.35. The van der Waals surface area contributed by atoms with Crippen LogP contribution >= 0.6 is 0 Å². The summed E-state index contributed by atoms with van der Waals surface area (Å²) in [5.41, 5.74) is 1.75. The van der Waals surface area contributed by atoms with Gasteiger partial charge in [-0.2, -0.15) is 0 Å². The molecule has 0 aliphatic carbocycles. The van der Waals surface area contributed by atoms with Gasteiger partial charge in [0.05, 0.1) is 0 Å². The van der Waals surface area contributed by atoms with Crippen molar-refractivity contribution in [2.75, 3.05) is 23.3 Å². The fourth-order valence-electron chi connectivity index (χ4n) is 3.74. The Kier molecular flexibility index (Phi) is 5.83. The molecule has 1 saturated heterocycles. The van der Waals surface area contributed by atoms with Gasteiger partial charge in [0.25, 0.3) is 11.5 Å². The molecule has 1 fully saturated rings. The van der Waals surface area contributed by atoms with Crippen LogP contribution in [0.25, 0.3) is 0 Å². The summed E-state index contributed by atoms with van der Waals surface area (Å²) in [6, 6.07) is 15.4. The smallest absolute Gasteiger partial charge is 0.278 e. The molecule has 0 radical (unpaired) electrons. The number of aromatic amines is 1. The molecular formula is C22H24N6O2. The first-order valence-electron chi connectivity index (χ1n) is 10.1. The van der Waals surface area contributed by atoms with E-state index in [0.29, 0.717) is 11.6 Å². The number of piperidine rings is 1. The highest BCUT2D eigenvalue weighted by Crippen LogP contribution is 2.24. The molecule has 0 bridgehead atoms. The number of rotatable bonds is 5.